The van der Waals surface area contributed by atoms with Crippen molar-refractivity contribution in [1.29, 1.82) is 0 Å². The summed E-state index contributed by atoms with van der Waals surface area (Å²) in [5, 5.41) is 0.249. The SMILES string of the molecule is CN1CCC(CNS(=O)(=O)c2ccccc2Cl)(N2CCOCC2)CC1. The van der Waals surface area contributed by atoms with Crippen molar-refractivity contribution in [2.45, 2.75) is 23.3 Å². The van der Waals surface area contributed by atoms with Crippen LogP contribution < -0.4 is 4.72 Å². The Bertz CT molecular complexity index is 684. The van der Waals surface area contributed by atoms with Crippen molar-refractivity contribution >= 4 is 21.6 Å². The van der Waals surface area contributed by atoms with E-state index in [0.717, 1.165) is 39.0 Å². The van der Waals surface area contributed by atoms with E-state index in [-0.39, 0.29) is 15.5 Å². The molecular formula is C17H26ClN3O3S. The summed E-state index contributed by atoms with van der Waals surface area (Å²) in [7, 11) is -1.53. The topological polar surface area (TPSA) is 61.9 Å². The van der Waals surface area contributed by atoms with Crippen LogP contribution in [-0.2, 0) is 14.8 Å². The summed E-state index contributed by atoms with van der Waals surface area (Å²) in [6.07, 6.45) is 1.88. The first-order valence-electron chi connectivity index (χ1n) is 8.69. The first-order chi connectivity index (χ1) is 11.9. The van der Waals surface area contributed by atoms with Crippen LogP contribution in [0.2, 0.25) is 5.02 Å². The Morgan fingerprint density at radius 1 is 1.16 bits per heavy atom. The Balaban J connectivity index is 1.77. The van der Waals surface area contributed by atoms with Gasteiger partial charge in [0.15, 0.2) is 0 Å². The van der Waals surface area contributed by atoms with Gasteiger partial charge in [0.25, 0.3) is 0 Å². The van der Waals surface area contributed by atoms with Gasteiger partial charge in [0.2, 0.25) is 10.0 Å². The molecule has 0 atom stereocenters. The van der Waals surface area contributed by atoms with Crippen molar-refractivity contribution in [3.05, 3.63) is 29.3 Å². The lowest BCUT2D eigenvalue weighted by Gasteiger charge is -2.49. The molecule has 6 nitrogen and oxygen atoms in total. The maximum atomic E-state index is 12.7. The Kier molecular flexibility index (Phi) is 6.03. The average molecular weight is 388 g/mol. The number of morpholine rings is 1. The molecule has 0 aromatic heterocycles. The van der Waals surface area contributed by atoms with Crippen LogP contribution in [0.4, 0.5) is 0 Å². The molecule has 3 rings (SSSR count). The maximum absolute atomic E-state index is 12.7. The molecule has 0 unspecified atom stereocenters. The van der Waals surface area contributed by atoms with E-state index in [2.05, 4.69) is 21.6 Å². The van der Waals surface area contributed by atoms with Crippen LogP contribution in [0.25, 0.3) is 0 Å². The fourth-order valence-electron chi connectivity index (χ4n) is 3.65. The smallest absolute Gasteiger partial charge is 0.242 e. The Labute approximate surface area is 155 Å². The minimum Gasteiger partial charge on any atom is -0.379 e. The number of piperidine rings is 1. The number of hydrogen-bond donors (Lipinski definition) is 1. The van der Waals surface area contributed by atoms with Crippen LogP contribution in [0, 0.1) is 0 Å². The van der Waals surface area contributed by atoms with Gasteiger partial charge < -0.3 is 9.64 Å². The predicted octanol–water partition coefficient (Wildman–Crippen LogP) is 1.41. The number of hydrogen-bond acceptors (Lipinski definition) is 5. The highest BCUT2D eigenvalue weighted by molar-refractivity contribution is 7.89. The zero-order valence-electron chi connectivity index (χ0n) is 14.6. The maximum Gasteiger partial charge on any atom is 0.242 e. The second kappa shape index (κ2) is 7.90. The molecule has 8 heteroatoms. The summed E-state index contributed by atoms with van der Waals surface area (Å²) in [5.41, 5.74) is -0.162. The van der Waals surface area contributed by atoms with Crippen molar-refractivity contribution in [2.75, 3.05) is 53.0 Å². The van der Waals surface area contributed by atoms with Crippen LogP contribution in [0.1, 0.15) is 12.8 Å². The summed E-state index contributed by atoms with van der Waals surface area (Å²) in [5.74, 6) is 0. The van der Waals surface area contributed by atoms with E-state index >= 15 is 0 Å². The molecule has 1 aromatic carbocycles. The van der Waals surface area contributed by atoms with Gasteiger partial charge in [-0.3, -0.25) is 4.90 Å². The number of benzene rings is 1. The van der Waals surface area contributed by atoms with Gasteiger partial charge in [-0.2, -0.15) is 0 Å². The van der Waals surface area contributed by atoms with E-state index < -0.39 is 10.0 Å². The number of rotatable bonds is 5. The molecule has 2 aliphatic rings. The fraction of sp³-hybridized carbons (Fsp3) is 0.647. The Hall–Kier alpha value is -0.700. The molecule has 2 heterocycles. The zero-order chi connectivity index (χ0) is 17.9. The van der Waals surface area contributed by atoms with Gasteiger partial charge in [-0.1, -0.05) is 23.7 Å². The van der Waals surface area contributed by atoms with Gasteiger partial charge in [-0.25, -0.2) is 13.1 Å². The zero-order valence-corrected chi connectivity index (χ0v) is 16.2. The molecule has 0 spiro atoms. The number of nitrogens with zero attached hydrogens (tertiary/aromatic N) is 2. The van der Waals surface area contributed by atoms with E-state index in [1.54, 1.807) is 24.3 Å². The highest BCUT2D eigenvalue weighted by Gasteiger charge is 2.40. The normalized spacial score (nSPS) is 22.8. The second-order valence-electron chi connectivity index (χ2n) is 6.88. The Morgan fingerprint density at radius 2 is 1.80 bits per heavy atom. The molecule has 25 heavy (non-hydrogen) atoms. The molecular weight excluding hydrogens is 362 g/mol. The molecule has 1 aromatic rings. The number of halogens is 1. The quantitative estimate of drug-likeness (QED) is 0.827. The predicted molar refractivity (Wildman–Crippen MR) is 98.5 cm³/mol. The fourth-order valence-corrected chi connectivity index (χ4v) is 5.28. The largest absolute Gasteiger partial charge is 0.379 e. The highest BCUT2D eigenvalue weighted by Crippen LogP contribution is 2.30. The summed E-state index contributed by atoms with van der Waals surface area (Å²) in [6, 6.07) is 6.56. The lowest BCUT2D eigenvalue weighted by Crippen LogP contribution is -2.62. The molecule has 0 radical (unpaired) electrons. The lowest BCUT2D eigenvalue weighted by atomic mass is 9.85. The van der Waals surface area contributed by atoms with E-state index in [4.69, 9.17) is 16.3 Å². The number of nitrogens with one attached hydrogen (secondary N) is 1. The van der Waals surface area contributed by atoms with Crippen molar-refractivity contribution < 1.29 is 13.2 Å². The summed E-state index contributed by atoms with van der Waals surface area (Å²) < 4.78 is 33.8. The molecule has 140 valence electrons. The average Bonchev–Trinajstić information content (AvgIpc) is 2.63. The summed E-state index contributed by atoms with van der Waals surface area (Å²) >= 11 is 6.08. The molecule has 0 aliphatic carbocycles. The van der Waals surface area contributed by atoms with Crippen LogP contribution in [0.15, 0.2) is 29.2 Å². The van der Waals surface area contributed by atoms with Gasteiger partial charge in [-0.05, 0) is 45.1 Å². The summed E-state index contributed by atoms with van der Waals surface area (Å²) in [6.45, 7) is 5.42. The van der Waals surface area contributed by atoms with Crippen LogP contribution >= 0.6 is 11.6 Å². The molecule has 2 fully saturated rings. The van der Waals surface area contributed by atoms with Crippen molar-refractivity contribution in [3.8, 4) is 0 Å². The van der Waals surface area contributed by atoms with Crippen LogP contribution in [0.3, 0.4) is 0 Å². The minimum absolute atomic E-state index is 0.140. The third kappa shape index (κ3) is 4.35. The lowest BCUT2D eigenvalue weighted by molar-refractivity contribution is -0.0427. The highest BCUT2D eigenvalue weighted by atomic mass is 35.5. The van der Waals surface area contributed by atoms with Crippen molar-refractivity contribution in [1.82, 2.24) is 14.5 Å². The molecule has 1 N–H and O–H groups in total. The van der Waals surface area contributed by atoms with Crippen LogP contribution in [-0.4, -0.2) is 76.7 Å². The van der Waals surface area contributed by atoms with Gasteiger partial charge in [0, 0.05) is 25.2 Å². The van der Waals surface area contributed by atoms with Crippen molar-refractivity contribution in [3.63, 3.8) is 0 Å². The molecule has 2 aliphatic heterocycles. The summed E-state index contributed by atoms with van der Waals surface area (Å²) in [4.78, 5) is 4.83. The third-order valence-electron chi connectivity index (χ3n) is 5.32. The number of sulfonamides is 1. The van der Waals surface area contributed by atoms with Crippen LogP contribution in [0.5, 0.6) is 0 Å². The van der Waals surface area contributed by atoms with E-state index in [0.29, 0.717) is 19.8 Å². The van der Waals surface area contributed by atoms with E-state index in [9.17, 15) is 8.42 Å². The third-order valence-corrected chi connectivity index (χ3v) is 7.22. The first-order valence-corrected chi connectivity index (χ1v) is 10.5. The number of ether oxygens (including phenoxy) is 1. The second-order valence-corrected chi connectivity index (χ2v) is 9.02. The Morgan fingerprint density at radius 3 is 2.44 bits per heavy atom. The molecule has 0 bridgehead atoms. The molecule has 0 saturated carbocycles. The monoisotopic (exact) mass is 387 g/mol. The first kappa shape index (κ1) is 19.1. The standard InChI is InChI=1S/C17H26ClN3O3S/c1-20-8-6-17(7-9-20,21-10-12-24-13-11-21)14-19-25(22,23)16-5-3-2-4-15(16)18/h2-5,19H,6-14H2,1H3. The molecule has 2 saturated heterocycles. The van der Waals surface area contributed by atoms with Gasteiger partial charge in [0.05, 0.1) is 18.2 Å². The van der Waals surface area contributed by atoms with Gasteiger partial charge >= 0.3 is 0 Å². The van der Waals surface area contributed by atoms with E-state index in [1.807, 2.05) is 0 Å². The molecule has 0 amide bonds. The number of likely N-dealkylation sites (tertiary alicyclic amines) is 1. The van der Waals surface area contributed by atoms with E-state index in [1.165, 1.54) is 0 Å². The minimum atomic E-state index is -3.63. The van der Waals surface area contributed by atoms with Gasteiger partial charge in [-0.15, -0.1) is 0 Å². The van der Waals surface area contributed by atoms with Crippen molar-refractivity contribution in [2.24, 2.45) is 0 Å². The van der Waals surface area contributed by atoms with Gasteiger partial charge in [0.1, 0.15) is 4.90 Å².